The van der Waals surface area contributed by atoms with Crippen LogP contribution in [-0.4, -0.2) is 35.5 Å². The fourth-order valence-electron chi connectivity index (χ4n) is 3.86. The topological polar surface area (TPSA) is 35.8 Å². The van der Waals surface area contributed by atoms with Crippen molar-refractivity contribution in [1.82, 2.24) is 4.90 Å². The highest BCUT2D eigenvalue weighted by atomic mass is 35.5. The Morgan fingerprint density at radius 2 is 2.05 bits per heavy atom. The maximum atomic E-state index is 8.97. The molecule has 0 spiro atoms. The largest absolute Gasteiger partial charge is 0.411 e. The number of piperidine rings is 1. The molecule has 2 heterocycles. The lowest BCUT2D eigenvalue weighted by Crippen LogP contribution is -2.46. The smallest absolute Gasteiger partial charge is 0.0488 e. The first-order valence-corrected chi connectivity index (χ1v) is 7.23. The van der Waals surface area contributed by atoms with Crippen molar-refractivity contribution in [1.29, 1.82) is 0 Å². The van der Waals surface area contributed by atoms with E-state index >= 15 is 0 Å². The molecule has 102 valence electrons. The Balaban J connectivity index is 1.93. The molecule has 0 radical (unpaired) electrons. The van der Waals surface area contributed by atoms with Crippen LogP contribution in [0.4, 0.5) is 0 Å². The van der Waals surface area contributed by atoms with Gasteiger partial charge in [0.05, 0.1) is 0 Å². The molecule has 2 aliphatic heterocycles. The van der Waals surface area contributed by atoms with E-state index in [1.807, 2.05) is 12.1 Å². The van der Waals surface area contributed by atoms with Gasteiger partial charge in [-0.05, 0) is 49.9 Å². The summed E-state index contributed by atoms with van der Waals surface area (Å²) in [6, 6.07) is 9.27. The molecular weight excluding hydrogens is 260 g/mol. The van der Waals surface area contributed by atoms with E-state index in [0.29, 0.717) is 18.0 Å². The first-order chi connectivity index (χ1) is 9.20. The molecule has 0 aromatic heterocycles. The molecule has 2 saturated heterocycles. The highest BCUT2D eigenvalue weighted by Crippen LogP contribution is 2.45. The third-order valence-electron chi connectivity index (χ3n) is 4.87. The van der Waals surface area contributed by atoms with Crippen LogP contribution in [0, 0.1) is 5.92 Å². The van der Waals surface area contributed by atoms with Crippen LogP contribution >= 0.6 is 11.6 Å². The summed E-state index contributed by atoms with van der Waals surface area (Å²) in [4.78, 5) is 2.46. The average molecular weight is 279 g/mol. The van der Waals surface area contributed by atoms with Crippen molar-refractivity contribution >= 4 is 17.8 Å². The summed E-state index contributed by atoms with van der Waals surface area (Å²) >= 11 is 5.97. The average Bonchev–Trinajstić information content (AvgIpc) is 2.65. The third kappa shape index (κ3) is 2.26. The van der Waals surface area contributed by atoms with Gasteiger partial charge >= 0.3 is 0 Å². The number of rotatable bonds is 2. The van der Waals surface area contributed by atoms with Gasteiger partial charge in [0.25, 0.3) is 0 Å². The lowest BCUT2D eigenvalue weighted by Gasteiger charge is -2.41. The number of benzene rings is 1. The lowest BCUT2D eigenvalue weighted by molar-refractivity contribution is 0.133. The van der Waals surface area contributed by atoms with Crippen LogP contribution in [0.15, 0.2) is 29.4 Å². The van der Waals surface area contributed by atoms with Gasteiger partial charge in [-0.15, -0.1) is 5.16 Å². The molecule has 1 unspecified atom stereocenters. The van der Waals surface area contributed by atoms with Crippen LogP contribution in [0.2, 0.25) is 5.02 Å². The monoisotopic (exact) mass is 278 g/mol. The summed E-state index contributed by atoms with van der Waals surface area (Å²) in [6.07, 6.45) is 5.30. The molecule has 2 fully saturated rings. The highest BCUT2D eigenvalue weighted by molar-refractivity contribution is 6.30. The molecule has 3 rings (SSSR count). The summed E-state index contributed by atoms with van der Waals surface area (Å²) in [6.45, 7) is 0. The summed E-state index contributed by atoms with van der Waals surface area (Å²) in [5, 5.41) is 13.1. The SMILES string of the molecule is CN1C2CC[C@@H]1[C@H](/C=N/O)[C@@H](c1ccc(Cl)cc1)C2. The molecule has 4 atom stereocenters. The van der Waals surface area contributed by atoms with E-state index in [-0.39, 0.29) is 5.92 Å². The zero-order chi connectivity index (χ0) is 13.4. The normalized spacial score (nSPS) is 35.1. The van der Waals surface area contributed by atoms with Crippen LogP contribution in [0.1, 0.15) is 30.7 Å². The minimum absolute atomic E-state index is 0.287. The molecule has 4 heteroatoms. The molecule has 3 nitrogen and oxygen atoms in total. The molecular formula is C15H19ClN2O. The van der Waals surface area contributed by atoms with Crippen LogP contribution in [0.3, 0.4) is 0 Å². The van der Waals surface area contributed by atoms with Crippen molar-refractivity contribution < 1.29 is 5.21 Å². The van der Waals surface area contributed by atoms with Gasteiger partial charge in [-0.1, -0.05) is 23.7 Å². The van der Waals surface area contributed by atoms with Gasteiger partial charge < -0.3 is 5.21 Å². The van der Waals surface area contributed by atoms with Gasteiger partial charge in [0.15, 0.2) is 0 Å². The predicted molar refractivity (Wildman–Crippen MR) is 77.2 cm³/mol. The van der Waals surface area contributed by atoms with Crippen molar-refractivity contribution in [3.8, 4) is 0 Å². The van der Waals surface area contributed by atoms with Crippen LogP contribution in [-0.2, 0) is 0 Å². The van der Waals surface area contributed by atoms with E-state index < -0.39 is 0 Å². The van der Waals surface area contributed by atoms with Crippen molar-refractivity contribution in [3.63, 3.8) is 0 Å². The predicted octanol–water partition coefficient (Wildman–Crippen LogP) is 3.37. The second kappa shape index (κ2) is 5.14. The second-order valence-corrected chi connectivity index (χ2v) is 6.14. The number of nitrogens with zero attached hydrogens (tertiary/aromatic N) is 2. The fourth-order valence-corrected chi connectivity index (χ4v) is 3.98. The minimum Gasteiger partial charge on any atom is -0.411 e. The molecule has 1 aromatic rings. The van der Waals surface area contributed by atoms with Gasteiger partial charge in [0.1, 0.15) is 0 Å². The molecule has 0 saturated carbocycles. The number of hydrogen-bond donors (Lipinski definition) is 1. The Kier molecular flexibility index (Phi) is 3.50. The molecule has 2 bridgehead atoms. The number of fused-ring (bicyclic) bond motifs is 2. The van der Waals surface area contributed by atoms with Gasteiger partial charge in [-0.25, -0.2) is 0 Å². The van der Waals surface area contributed by atoms with E-state index in [4.69, 9.17) is 16.8 Å². The Morgan fingerprint density at radius 1 is 1.32 bits per heavy atom. The van der Waals surface area contributed by atoms with Gasteiger partial charge in [-0.3, -0.25) is 4.90 Å². The summed E-state index contributed by atoms with van der Waals surface area (Å²) < 4.78 is 0. The third-order valence-corrected chi connectivity index (χ3v) is 5.12. The summed E-state index contributed by atoms with van der Waals surface area (Å²) in [5.74, 6) is 0.719. The van der Waals surface area contributed by atoms with Crippen LogP contribution < -0.4 is 0 Å². The summed E-state index contributed by atoms with van der Waals surface area (Å²) in [5.41, 5.74) is 1.30. The van der Waals surface area contributed by atoms with Crippen molar-refractivity contribution in [2.24, 2.45) is 11.1 Å². The molecule has 1 N–H and O–H groups in total. The van der Waals surface area contributed by atoms with Crippen LogP contribution in [0.25, 0.3) is 0 Å². The van der Waals surface area contributed by atoms with Gasteiger partial charge in [-0.2, -0.15) is 0 Å². The Morgan fingerprint density at radius 3 is 2.74 bits per heavy atom. The molecule has 0 amide bonds. The molecule has 19 heavy (non-hydrogen) atoms. The van der Waals surface area contributed by atoms with Crippen molar-refractivity contribution in [2.75, 3.05) is 7.05 Å². The Hall–Kier alpha value is -1.06. The van der Waals surface area contributed by atoms with E-state index in [2.05, 4.69) is 29.2 Å². The summed E-state index contributed by atoms with van der Waals surface area (Å²) in [7, 11) is 2.19. The zero-order valence-corrected chi connectivity index (χ0v) is 11.8. The van der Waals surface area contributed by atoms with E-state index in [9.17, 15) is 0 Å². The number of oxime groups is 1. The minimum atomic E-state index is 0.287. The Labute approximate surface area is 118 Å². The molecule has 0 aliphatic carbocycles. The Bertz CT molecular complexity index is 474. The molecule has 2 aliphatic rings. The van der Waals surface area contributed by atoms with Gasteiger partial charge in [0.2, 0.25) is 0 Å². The fraction of sp³-hybridized carbons (Fsp3) is 0.533. The second-order valence-electron chi connectivity index (χ2n) is 5.70. The van der Waals surface area contributed by atoms with Crippen molar-refractivity contribution in [2.45, 2.75) is 37.3 Å². The first kappa shape index (κ1) is 12.9. The molecule has 1 aromatic carbocycles. The highest BCUT2D eigenvalue weighted by Gasteiger charge is 2.45. The van der Waals surface area contributed by atoms with Crippen molar-refractivity contribution in [3.05, 3.63) is 34.9 Å². The number of halogens is 1. The first-order valence-electron chi connectivity index (χ1n) is 6.85. The van der Waals surface area contributed by atoms with E-state index in [1.165, 1.54) is 18.4 Å². The quantitative estimate of drug-likeness (QED) is 0.511. The number of hydrogen-bond acceptors (Lipinski definition) is 3. The van der Waals surface area contributed by atoms with Gasteiger partial charge in [0, 0.05) is 29.2 Å². The van der Waals surface area contributed by atoms with Crippen LogP contribution in [0.5, 0.6) is 0 Å². The maximum Gasteiger partial charge on any atom is 0.0488 e. The lowest BCUT2D eigenvalue weighted by atomic mass is 9.77. The van der Waals surface area contributed by atoms with E-state index in [0.717, 1.165) is 11.4 Å². The zero-order valence-electron chi connectivity index (χ0n) is 11.0. The standard InChI is InChI=1S/C15H19ClN2O/c1-18-12-6-7-15(18)14(9-17-19)13(8-12)10-2-4-11(16)5-3-10/h2-5,9,12-15,19H,6-8H2,1H3/b17-9+/t12?,13-,14-,15-/m1/s1. The maximum absolute atomic E-state index is 8.97. The van der Waals surface area contributed by atoms with E-state index in [1.54, 1.807) is 6.21 Å².